The van der Waals surface area contributed by atoms with E-state index >= 15 is 19.2 Å². The van der Waals surface area contributed by atoms with E-state index in [-0.39, 0.29) is 56.3 Å². The Morgan fingerprint density at radius 3 is 1.58 bits per heavy atom. The maximum Gasteiger partial charge on any atom is 0.248 e. The van der Waals surface area contributed by atoms with Gasteiger partial charge in [-0.3, -0.25) is 62.3 Å². The highest BCUT2D eigenvalue weighted by molar-refractivity contribution is 6.01. The van der Waals surface area contributed by atoms with Crippen molar-refractivity contribution in [2.75, 3.05) is 54.9 Å². The minimum atomic E-state index is -1.72. The number of Topliss-reactive ketones (excluding diaryl/α,β-unsaturated/α-hetero) is 3. The first-order valence-electron chi connectivity index (χ1n) is 36.2. The quantitative estimate of drug-likeness (QED) is 0.101. The Labute approximate surface area is 603 Å². The number of piperidine rings is 1. The standard InChI is InChI=1S/C78H114N10O14/c1-47(2)37-61-73(97)82-68(53(11)89)78(102)86(15)62(43-56-33-25-19-26-34-56)72(96)79-46-66(93)83(12)63(38-48(3)4)76(100)87(16)69(50(7)8)65(92)44-57(41-54-29-21-17-22-30-54)71(95)80-59(45-58(90)39-51(9)70(94)81-67(49(5)6)77(101)85(61)14)75(99)84(13)60(42-55-31-23-18-24-32-55)64(91)40-52(10)74(98)88-35-27-20-28-36-88/h17-19,21-26,29-34,47-53,57,59-63,67-69,89H,20,27-28,35-46H2,1-16H3,(H,79,96)(H,80,95)(H,81,94)(H,82,97)/t51-,52+,53+,57+,59-,60-,61-,62-,63-,67-,68-,69-/m0/s1. The van der Waals surface area contributed by atoms with Crippen molar-refractivity contribution in [2.45, 2.75) is 208 Å². The molecule has 2 fully saturated rings. The van der Waals surface area contributed by atoms with E-state index in [2.05, 4.69) is 21.3 Å². The van der Waals surface area contributed by atoms with Crippen LogP contribution in [0.2, 0.25) is 0 Å². The van der Waals surface area contributed by atoms with Crippen molar-refractivity contribution in [3.05, 3.63) is 108 Å². The lowest BCUT2D eigenvalue weighted by molar-refractivity contribution is -0.149. The lowest BCUT2D eigenvalue weighted by atomic mass is 9.87. The van der Waals surface area contributed by atoms with E-state index in [1.807, 2.05) is 27.7 Å². The van der Waals surface area contributed by atoms with E-state index in [4.69, 9.17) is 0 Å². The van der Waals surface area contributed by atoms with Gasteiger partial charge in [-0.15, -0.1) is 0 Å². The summed E-state index contributed by atoms with van der Waals surface area (Å²) < 4.78 is 0. The summed E-state index contributed by atoms with van der Waals surface area (Å²) in [7, 11) is 6.94. The Hall–Kier alpha value is -8.67. The molecular weight excluding hydrogens is 1300 g/mol. The Balaban J connectivity index is 1.66. The lowest BCUT2D eigenvalue weighted by Crippen LogP contribution is -2.62. The van der Waals surface area contributed by atoms with Gasteiger partial charge in [0.05, 0.1) is 24.7 Å². The van der Waals surface area contributed by atoms with E-state index in [1.165, 1.54) is 63.8 Å². The first-order valence-corrected chi connectivity index (χ1v) is 36.2. The van der Waals surface area contributed by atoms with Crippen LogP contribution in [0.5, 0.6) is 0 Å². The number of likely N-dealkylation sites (tertiary alicyclic amines) is 1. The maximum absolute atomic E-state index is 15.6. The Bertz CT molecular complexity index is 3360. The molecule has 0 aromatic heterocycles. The van der Waals surface area contributed by atoms with E-state index in [0.717, 1.165) is 29.1 Å². The van der Waals surface area contributed by atoms with Gasteiger partial charge in [0.2, 0.25) is 59.1 Å². The number of aliphatic hydroxyl groups is 1. The molecule has 560 valence electrons. The van der Waals surface area contributed by atoms with Crippen LogP contribution in [-0.2, 0) is 81.6 Å². The normalized spacial score (nSPS) is 24.1. The lowest BCUT2D eigenvalue weighted by Gasteiger charge is -2.37. The maximum atomic E-state index is 15.6. The van der Waals surface area contributed by atoms with Crippen molar-refractivity contribution in [1.82, 2.24) is 50.7 Å². The van der Waals surface area contributed by atoms with Gasteiger partial charge in [0.1, 0.15) is 42.0 Å². The molecule has 24 nitrogen and oxygen atoms in total. The van der Waals surface area contributed by atoms with Gasteiger partial charge in [-0.1, -0.05) is 160 Å². The molecule has 12 atom stereocenters. The molecule has 0 unspecified atom stereocenters. The number of carbonyl (C=O) groups excluding carboxylic acids is 13. The molecular formula is C78H114N10O14. The number of amides is 10. The molecule has 5 rings (SSSR count). The van der Waals surface area contributed by atoms with Crippen molar-refractivity contribution in [3.63, 3.8) is 0 Å². The van der Waals surface area contributed by atoms with Gasteiger partial charge in [-0.25, -0.2) is 0 Å². The van der Waals surface area contributed by atoms with Gasteiger partial charge in [0.25, 0.3) is 0 Å². The SMILES string of the molecule is CC(C)C[C@H]1C(=O)N(C)[C@@H](C(C)C)C(=O)C[C@@H](Cc2ccccc2)C(=O)N[C@H](C(=O)N(C)[C@@H](Cc2ccccc2)C(=O)C[C@@H](C)C(=O)N2CCCCC2)CC(=O)C[C@H](C)C(=O)N[C@@H](C(C)C)C(=O)N(C)[C@@H](CC(C)C)C(=O)N[C@@H]([C@@H](C)O)C(=O)N(C)[C@@H](Cc2ccccc2)C(=O)NCC(=O)N1C. The van der Waals surface area contributed by atoms with Crippen LogP contribution in [0.25, 0.3) is 0 Å². The van der Waals surface area contributed by atoms with E-state index < -0.39 is 180 Å². The largest absolute Gasteiger partial charge is 0.391 e. The molecule has 24 heteroatoms. The number of hydrogen-bond acceptors (Lipinski definition) is 14. The van der Waals surface area contributed by atoms with Crippen LogP contribution in [0.1, 0.15) is 151 Å². The van der Waals surface area contributed by atoms with E-state index in [9.17, 15) is 48.3 Å². The molecule has 5 N–H and O–H groups in total. The number of carbonyl (C=O) groups is 13. The van der Waals surface area contributed by atoms with Crippen LogP contribution in [0.15, 0.2) is 91.0 Å². The summed E-state index contributed by atoms with van der Waals surface area (Å²) in [6, 6.07) is 15.5. The van der Waals surface area contributed by atoms with Gasteiger partial charge < -0.3 is 55.8 Å². The third-order valence-corrected chi connectivity index (χ3v) is 19.7. The molecule has 0 spiro atoms. The molecule has 0 radical (unpaired) electrons. The van der Waals surface area contributed by atoms with Crippen molar-refractivity contribution in [1.29, 1.82) is 0 Å². The molecule has 102 heavy (non-hydrogen) atoms. The topological polar surface area (TPSA) is 310 Å². The molecule has 0 saturated carbocycles. The van der Waals surface area contributed by atoms with E-state index in [0.29, 0.717) is 29.8 Å². The summed E-state index contributed by atoms with van der Waals surface area (Å²) in [5, 5.41) is 22.2. The fraction of sp³-hybridized carbons (Fsp3) is 0.603. The molecule has 2 heterocycles. The molecule has 2 aliphatic heterocycles. The fourth-order valence-corrected chi connectivity index (χ4v) is 13.6. The van der Waals surface area contributed by atoms with Crippen LogP contribution >= 0.6 is 0 Å². The van der Waals surface area contributed by atoms with Crippen molar-refractivity contribution in [3.8, 4) is 0 Å². The molecule has 3 aromatic carbocycles. The summed E-state index contributed by atoms with van der Waals surface area (Å²) in [6.07, 6.45) is -0.888. The van der Waals surface area contributed by atoms with Crippen LogP contribution < -0.4 is 21.3 Å². The van der Waals surface area contributed by atoms with Gasteiger partial charge in [-0.05, 0) is 92.2 Å². The number of aliphatic hydroxyl groups excluding tert-OH is 1. The van der Waals surface area contributed by atoms with Crippen LogP contribution in [-0.4, -0.2) is 220 Å². The van der Waals surface area contributed by atoms with Crippen LogP contribution in [0.4, 0.5) is 0 Å². The Kier molecular flexibility index (Phi) is 32.7. The molecule has 2 saturated heterocycles. The first kappa shape index (κ1) is 84.0. The molecule has 10 amide bonds. The molecule has 2 aliphatic rings. The monoisotopic (exact) mass is 1410 g/mol. The Morgan fingerprint density at radius 2 is 1.05 bits per heavy atom. The number of benzene rings is 3. The van der Waals surface area contributed by atoms with Gasteiger partial charge in [0, 0.05) is 98.2 Å². The summed E-state index contributed by atoms with van der Waals surface area (Å²) in [5.74, 6) is -13.7. The Morgan fingerprint density at radius 1 is 0.539 bits per heavy atom. The number of hydrogen-bond donors (Lipinski definition) is 5. The highest BCUT2D eigenvalue weighted by atomic mass is 16.3. The zero-order valence-corrected chi connectivity index (χ0v) is 62.9. The third-order valence-electron chi connectivity index (χ3n) is 19.7. The third kappa shape index (κ3) is 24.0. The zero-order chi connectivity index (χ0) is 76.0. The number of ketones is 3. The molecule has 0 aliphatic carbocycles. The number of nitrogens with one attached hydrogen (secondary N) is 4. The van der Waals surface area contributed by atoms with Crippen molar-refractivity contribution in [2.24, 2.45) is 41.4 Å². The summed E-state index contributed by atoms with van der Waals surface area (Å²) >= 11 is 0. The molecule has 3 aromatic rings. The van der Waals surface area contributed by atoms with Gasteiger partial charge in [-0.2, -0.15) is 0 Å². The highest BCUT2D eigenvalue weighted by Gasteiger charge is 2.43. The average molecular weight is 1420 g/mol. The van der Waals surface area contributed by atoms with Crippen molar-refractivity contribution >= 4 is 76.4 Å². The van der Waals surface area contributed by atoms with Crippen molar-refractivity contribution < 1.29 is 67.4 Å². The fourth-order valence-electron chi connectivity index (χ4n) is 13.6. The second-order valence-corrected chi connectivity index (χ2v) is 29.8. The number of nitrogens with zero attached hydrogens (tertiary/aromatic N) is 6. The highest BCUT2D eigenvalue weighted by Crippen LogP contribution is 2.26. The second kappa shape index (κ2) is 39.7. The summed E-state index contributed by atoms with van der Waals surface area (Å²) in [6.45, 7) is 19.0. The van der Waals surface area contributed by atoms with Gasteiger partial charge >= 0.3 is 0 Å². The van der Waals surface area contributed by atoms with Crippen LogP contribution in [0.3, 0.4) is 0 Å². The minimum Gasteiger partial charge on any atom is -0.391 e. The first-order chi connectivity index (χ1) is 48.0. The minimum absolute atomic E-state index is 0.00601. The van der Waals surface area contributed by atoms with E-state index in [1.54, 1.807) is 131 Å². The number of rotatable bonds is 19. The summed E-state index contributed by atoms with van der Waals surface area (Å²) in [4.78, 5) is 200. The van der Waals surface area contributed by atoms with Gasteiger partial charge in [0.15, 0.2) is 11.6 Å². The predicted octanol–water partition coefficient (Wildman–Crippen LogP) is 5.39. The molecule has 0 bridgehead atoms. The summed E-state index contributed by atoms with van der Waals surface area (Å²) in [5.41, 5.74) is 1.92. The second-order valence-electron chi connectivity index (χ2n) is 29.8. The zero-order valence-electron chi connectivity index (χ0n) is 62.9. The number of likely N-dealkylation sites (N-methyl/N-ethyl adjacent to an activating group) is 5. The van der Waals surface area contributed by atoms with Crippen LogP contribution in [0, 0.1) is 41.4 Å². The smallest absolute Gasteiger partial charge is 0.248 e. The predicted molar refractivity (Wildman–Crippen MR) is 388 cm³/mol. The average Bonchev–Trinajstić information content (AvgIpc) is 0.829.